The van der Waals surface area contributed by atoms with Crippen LogP contribution in [-0.4, -0.2) is 51.9 Å². The molecular formula is C25H25N3O6S. The number of aliphatic carboxylic acids is 1. The van der Waals surface area contributed by atoms with Crippen LogP contribution < -0.4 is 10.6 Å². The highest BCUT2D eigenvalue weighted by atomic mass is 32.1. The number of aliphatic hydroxyl groups is 1. The monoisotopic (exact) mass is 495 g/mol. The molecule has 1 aliphatic carbocycles. The van der Waals surface area contributed by atoms with Gasteiger partial charge in [-0.15, -0.1) is 11.3 Å². The van der Waals surface area contributed by atoms with Crippen molar-refractivity contribution in [3.8, 4) is 11.1 Å². The minimum atomic E-state index is -2.08. The van der Waals surface area contributed by atoms with E-state index in [0.717, 1.165) is 40.5 Å². The van der Waals surface area contributed by atoms with Crippen molar-refractivity contribution in [1.82, 2.24) is 15.6 Å². The Balaban J connectivity index is 1.32. The van der Waals surface area contributed by atoms with Crippen LogP contribution >= 0.6 is 11.3 Å². The molecule has 0 saturated carbocycles. The van der Waals surface area contributed by atoms with Crippen molar-refractivity contribution in [3.63, 3.8) is 0 Å². The number of carbonyl (C=O) groups excluding carboxylic acids is 2. The summed E-state index contributed by atoms with van der Waals surface area (Å²) in [7, 11) is 0. The molecule has 35 heavy (non-hydrogen) atoms. The van der Waals surface area contributed by atoms with Gasteiger partial charge < -0.3 is 25.6 Å². The second kappa shape index (κ2) is 9.85. The Kier molecular flexibility index (Phi) is 6.86. The van der Waals surface area contributed by atoms with Gasteiger partial charge in [-0.05, 0) is 36.1 Å². The van der Waals surface area contributed by atoms with E-state index in [1.807, 2.05) is 36.4 Å². The van der Waals surface area contributed by atoms with Crippen LogP contribution in [0.5, 0.6) is 0 Å². The summed E-state index contributed by atoms with van der Waals surface area (Å²) >= 11 is 1.07. The van der Waals surface area contributed by atoms with E-state index in [2.05, 4.69) is 27.8 Å². The van der Waals surface area contributed by atoms with Crippen LogP contribution in [0.25, 0.3) is 11.1 Å². The van der Waals surface area contributed by atoms with E-state index in [1.165, 1.54) is 0 Å². The van der Waals surface area contributed by atoms with Gasteiger partial charge in [0.1, 0.15) is 16.5 Å². The second-order valence-corrected chi connectivity index (χ2v) is 9.55. The van der Waals surface area contributed by atoms with Gasteiger partial charge in [-0.1, -0.05) is 48.5 Å². The van der Waals surface area contributed by atoms with Crippen LogP contribution in [-0.2, 0) is 16.1 Å². The van der Waals surface area contributed by atoms with E-state index >= 15 is 0 Å². The summed E-state index contributed by atoms with van der Waals surface area (Å²) in [4.78, 5) is 40.3. The molecule has 1 atom stereocenters. The molecular weight excluding hydrogens is 470 g/mol. The number of aromatic nitrogens is 1. The zero-order valence-corrected chi connectivity index (χ0v) is 20.0. The van der Waals surface area contributed by atoms with Gasteiger partial charge in [-0.25, -0.2) is 14.6 Å². The first kappa shape index (κ1) is 24.4. The predicted octanol–water partition coefficient (Wildman–Crippen LogP) is 3.06. The summed E-state index contributed by atoms with van der Waals surface area (Å²) in [6.45, 7) is 2.54. The smallest absolute Gasteiger partial charge is 0.407 e. The van der Waals surface area contributed by atoms with Crippen molar-refractivity contribution in [3.05, 3.63) is 75.2 Å². The number of ether oxygens (including phenoxy) is 1. The molecule has 0 aliphatic heterocycles. The number of carboxylic acid groups (broad SMARTS) is 1. The molecule has 1 aliphatic rings. The maximum atomic E-state index is 12.4. The van der Waals surface area contributed by atoms with Gasteiger partial charge in [0.15, 0.2) is 5.60 Å². The van der Waals surface area contributed by atoms with Crippen molar-refractivity contribution < 1.29 is 29.3 Å². The number of thiazole rings is 1. The molecule has 1 unspecified atom stereocenters. The van der Waals surface area contributed by atoms with Gasteiger partial charge in [0.2, 0.25) is 0 Å². The van der Waals surface area contributed by atoms with E-state index in [1.54, 1.807) is 6.92 Å². The molecule has 0 saturated heterocycles. The summed E-state index contributed by atoms with van der Waals surface area (Å²) in [6, 6.07) is 16.1. The lowest BCUT2D eigenvalue weighted by atomic mass is 9.98. The van der Waals surface area contributed by atoms with Gasteiger partial charge in [0.05, 0.1) is 18.8 Å². The second-order valence-electron chi connectivity index (χ2n) is 8.46. The molecule has 10 heteroatoms. The van der Waals surface area contributed by atoms with E-state index in [4.69, 9.17) is 9.84 Å². The molecule has 9 nitrogen and oxygen atoms in total. The maximum absolute atomic E-state index is 12.4. The molecule has 182 valence electrons. The lowest BCUT2D eigenvalue weighted by molar-refractivity contribution is -0.155. The number of nitrogens with zero attached hydrogens (tertiary/aromatic N) is 1. The topological polar surface area (TPSA) is 138 Å². The van der Waals surface area contributed by atoms with Crippen molar-refractivity contribution in [2.45, 2.75) is 31.9 Å². The fourth-order valence-corrected chi connectivity index (χ4v) is 4.86. The molecule has 1 aromatic heterocycles. The number of aryl methyl sites for hydroxylation is 1. The molecule has 2 amide bonds. The standard InChI is InChI=1S/C25H25N3O6S/c1-14-21(22(29)27-13-25(2,33)23(30)31)35-20(28-14)11-26-24(32)34-12-19-17-9-5-3-7-15(17)16-8-4-6-10-18(16)19/h3-10,19,33H,11-13H2,1-2H3,(H,26,32)(H,27,29)(H,30,31). The lowest BCUT2D eigenvalue weighted by Gasteiger charge is -2.17. The number of alkyl carbamates (subject to hydrolysis) is 1. The number of carboxylic acids is 1. The Hall–Kier alpha value is -3.76. The number of nitrogens with one attached hydrogen (secondary N) is 2. The first-order valence-corrected chi connectivity index (χ1v) is 11.8. The normalized spacial score (nSPS) is 13.9. The molecule has 0 bridgehead atoms. The van der Waals surface area contributed by atoms with Crippen molar-refractivity contribution in [2.75, 3.05) is 13.2 Å². The largest absolute Gasteiger partial charge is 0.479 e. The third-order valence-corrected chi connectivity index (χ3v) is 6.98. The molecule has 0 fully saturated rings. The Morgan fingerprint density at radius 3 is 2.26 bits per heavy atom. The average Bonchev–Trinajstić information content (AvgIpc) is 3.37. The van der Waals surface area contributed by atoms with E-state index in [9.17, 15) is 19.5 Å². The molecule has 1 heterocycles. The van der Waals surface area contributed by atoms with Crippen molar-refractivity contribution in [2.24, 2.45) is 0 Å². The fourth-order valence-electron chi connectivity index (χ4n) is 3.94. The lowest BCUT2D eigenvalue weighted by Crippen LogP contribution is -2.46. The molecule has 4 rings (SSSR count). The highest BCUT2D eigenvalue weighted by Gasteiger charge is 2.31. The van der Waals surface area contributed by atoms with Gasteiger partial charge >= 0.3 is 12.1 Å². The van der Waals surface area contributed by atoms with E-state index in [-0.39, 0.29) is 23.9 Å². The number of rotatable bonds is 8. The zero-order chi connectivity index (χ0) is 25.2. The molecule has 4 N–H and O–H groups in total. The minimum Gasteiger partial charge on any atom is -0.479 e. The first-order valence-electron chi connectivity index (χ1n) is 11.0. The Morgan fingerprint density at radius 1 is 1.06 bits per heavy atom. The van der Waals surface area contributed by atoms with Crippen LogP contribution in [0.3, 0.4) is 0 Å². The highest BCUT2D eigenvalue weighted by molar-refractivity contribution is 7.13. The number of hydrogen-bond acceptors (Lipinski definition) is 7. The third-order valence-electron chi connectivity index (χ3n) is 5.83. The Bertz CT molecular complexity index is 1240. The maximum Gasteiger partial charge on any atom is 0.407 e. The van der Waals surface area contributed by atoms with Gasteiger partial charge in [-0.3, -0.25) is 4.79 Å². The minimum absolute atomic E-state index is 0.0476. The number of benzene rings is 2. The molecule has 0 spiro atoms. The third kappa shape index (κ3) is 5.18. The van der Waals surface area contributed by atoms with Crippen LogP contribution in [0.4, 0.5) is 4.79 Å². The summed E-state index contributed by atoms with van der Waals surface area (Å²) in [5, 5.41) is 24.3. The quantitative estimate of drug-likeness (QED) is 0.377. The number of amides is 2. The first-order chi connectivity index (χ1) is 16.7. The molecule has 3 aromatic rings. The van der Waals surface area contributed by atoms with Crippen LogP contribution in [0.2, 0.25) is 0 Å². The Labute approximate surface area is 205 Å². The number of carbonyl (C=O) groups is 3. The van der Waals surface area contributed by atoms with Crippen LogP contribution in [0, 0.1) is 6.92 Å². The molecule has 0 radical (unpaired) electrons. The van der Waals surface area contributed by atoms with Crippen molar-refractivity contribution >= 4 is 29.3 Å². The van der Waals surface area contributed by atoms with Crippen molar-refractivity contribution in [1.29, 1.82) is 0 Å². The summed E-state index contributed by atoms with van der Waals surface area (Å²) in [6.07, 6.45) is -0.594. The predicted molar refractivity (Wildman–Crippen MR) is 129 cm³/mol. The van der Waals surface area contributed by atoms with E-state index < -0.39 is 30.1 Å². The average molecular weight is 496 g/mol. The number of hydrogen-bond donors (Lipinski definition) is 4. The summed E-state index contributed by atoms with van der Waals surface area (Å²) in [5.41, 5.74) is 2.89. The summed E-state index contributed by atoms with van der Waals surface area (Å²) in [5.74, 6) is -2.03. The van der Waals surface area contributed by atoms with Gasteiger partial charge in [0.25, 0.3) is 5.91 Å². The SMILES string of the molecule is Cc1nc(CNC(=O)OCC2c3ccccc3-c3ccccc32)sc1C(=O)NCC(C)(O)C(=O)O. The fraction of sp³-hybridized carbons (Fsp3) is 0.280. The van der Waals surface area contributed by atoms with Crippen LogP contribution in [0.15, 0.2) is 48.5 Å². The molecule has 2 aromatic carbocycles. The summed E-state index contributed by atoms with van der Waals surface area (Å²) < 4.78 is 5.51. The van der Waals surface area contributed by atoms with Gasteiger partial charge in [0, 0.05) is 5.92 Å². The Morgan fingerprint density at radius 2 is 1.66 bits per heavy atom. The highest BCUT2D eigenvalue weighted by Crippen LogP contribution is 2.44. The number of fused-ring (bicyclic) bond motifs is 3. The van der Waals surface area contributed by atoms with Gasteiger partial charge in [-0.2, -0.15) is 0 Å². The van der Waals surface area contributed by atoms with Crippen LogP contribution in [0.1, 0.15) is 44.3 Å². The zero-order valence-electron chi connectivity index (χ0n) is 19.2. The van der Waals surface area contributed by atoms with E-state index in [0.29, 0.717) is 10.7 Å².